The molecular formula is C30H35N3O5. The zero-order chi connectivity index (χ0) is 27.3. The smallest absolute Gasteiger partial charge is 0.412 e. The first kappa shape index (κ1) is 28.3. The fourth-order valence-electron chi connectivity index (χ4n) is 3.84. The number of rotatable bonds is 12. The summed E-state index contributed by atoms with van der Waals surface area (Å²) in [6.45, 7) is 4.03. The van der Waals surface area contributed by atoms with E-state index in [2.05, 4.69) is 10.6 Å². The zero-order valence-electron chi connectivity index (χ0n) is 21.7. The molecule has 0 aromatic heterocycles. The fourth-order valence-corrected chi connectivity index (χ4v) is 3.84. The summed E-state index contributed by atoms with van der Waals surface area (Å²) in [6, 6.07) is 21.8. The molecule has 0 aliphatic heterocycles. The molecule has 0 saturated carbocycles. The van der Waals surface area contributed by atoms with E-state index in [4.69, 9.17) is 20.3 Å². The number of aliphatic hydroxyl groups is 1. The maximum absolute atomic E-state index is 12.8. The van der Waals surface area contributed by atoms with Crippen LogP contribution in [-0.2, 0) is 9.53 Å². The number of anilines is 3. The first-order valence-corrected chi connectivity index (χ1v) is 12.6. The molecule has 5 N–H and O–H groups in total. The lowest BCUT2D eigenvalue weighted by Gasteiger charge is -2.25. The summed E-state index contributed by atoms with van der Waals surface area (Å²) < 4.78 is 11.4. The molecule has 0 aliphatic carbocycles. The van der Waals surface area contributed by atoms with E-state index < -0.39 is 12.2 Å². The van der Waals surface area contributed by atoms with Crippen LogP contribution >= 0.6 is 0 Å². The summed E-state index contributed by atoms with van der Waals surface area (Å²) in [7, 11) is 0. The van der Waals surface area contributed by atoms with Gasteiger partial charge in [0.1, 0.15) is 18.5 Å². The Bertz CT molecular complexity index is 1230. The van der Waals surface area contributed by atoms with Crippen molar-refractivity contribution in [2.75, 3.05) is 29.6 Å². The number of para-hydroxylation sites is 2. The van der Waals surface area contributed by atoms with E-state index in [0.29, 0.717) is 35.7 Å². The monoisotopic (exact) mass is 517 g/mol. The van der Waals surface area contributed by atoms with Crippen molar-refractivity contribution in [2.24, 2.45) is 5.92 Å². The molecule has 3 aromatic carbocycles. The number of nitrogen functional groups attached to an aromatic ring is 1. The van der Waals surface area contributed by atoms with E-state index in [1.54, 1.807) is 36.4 Å². The minimum absolute atomic E-state index is 0.0793. The van der Waals surface area contributed by atoms with E-state index in [1.807, 2.05) is 56.3 Å². The molecule has 8 heteroatoms. The van der Waals surface area contributed by atoms with Crippen molar-refractivity contribution in [3.8, 4) is 5.75 Å². The Labute approximate surface area is 223 Å². The summed E-state index contributed by atoms with van der Waals surface area (Å²) in [5, 5.41) is 14.6. The number of carbonyl (C=O) groups is 2. The molecule has 38 heavy (non-hydrogen) atoms. The van der Waals surface area contributed by atoms with Crippen LogP contribution in [0, 0.1) is 12.8 Å². The third kappa shape index (κ3) is 8.97. The van der Waals surface area contributed by atoms with E-state index in [0.717, 1.165) is 11.1 Å². The van der Waals surface area contributed by atoms with Crippen molar-refractivity contribution in [1.29, 1.82) is 0 Å². The largest absolute Gasteiger partial charge is 0.491 e. The molecule has 0 fully saturated rings. The fraction of sp³-hybridized carbons (Fsp3) is 0.267. The highest BCUT2D eigenvalue weighted by Crippen LogP contribution is 2.32. The van der Waals surface area contributed by atoms with Crippen LogP contribution in [0.2, 0.25) is 0 Å². The molecule has 200 valence electrons. The number of aryl methyl sites for hydroxylation is 1. The molecule has 0 heterocycles. The second-order valence-electron chi connectivity index (χ2n) is 8.99. The van der Waals surface area contributed by atoms with Crippen LogP contribution in [0.15, 0.2) is 84.9 Å². The number of allylic oxidation sites excluding steroid dienone is 1. The average molecular weight is 518 g/mol. The molecule has 0 aliphatic rings. The summed E-state index contributed by atoms with van der Waals surface area (Å²) in [6.07, 6.45) is 3.38. The van der Waals surface area contributed by atoms with E-state index in [1.165, 1.54) is 6.08 Å². The maximum atomic E-state index is 12.8. The molecule has 0 unspecified atom stereocenters. The second-order valence-corrected chi connectivity index (χ2v) is 8.99. The third-order valence-corrected chi connectivity index (χ3v) is 5.87. The minimum Gasteiger partial charge on any atom is -0.491 e. The quantitative estimate of drug-likeness (QED) is 0.177. The summed E-state index contributed by atoms with van der Waals surface area (Å²) in [4.78, 5) is 25.1. The molecular weight excluding hydrogens is 482 g/mol. The van der Waals surface area contributed by atoms with Crippen molar-refractivity contribution < 1.29 is 24.2 Å². The summed E-state index contributed by atoms with van der Waals surface area (Å²) >= 11 is 0. The van der Waals surface area contributed by atoms with Gasteiger partial charge in [-0.15, -0.1) is 0 Å². The summed E-state index contributed by atoms with van der Waals surface area (Å²) in [5.41, 5.74) is 9.43. The predicted molar refractivity (Wildman–Crippen MR) is 150 cm³/mol. The SMILES string of the molecule is Cc1ccc(NC(=O)O[C@H](c2cccc(OCCO)c2)[C@H](C)CC/C=C/C(=O)Nc2ccccc2N)cc1. The van der Waals surface area contributed by atoms with Gasteiger partial charge in [0.15, 0.2) is 0 Å². The first-order chi connectivity index (χ1) is 18.4. The number of aliphatic hydroxyl groups excluding tert-OH is 1. The van der Waals surface area contributed by atoms with Crippen LogP contribution in [-0.4, -0.2) is 30.3 Å². The molecule has 3 rings (SSSR count). The lowest BCUT2D eigenvalue weighted by molar-refractivity contribution is -0.111. The van der Waals surface area contributed by atoms with Gasteiger partial charge in [0.2, 0.25) is 5.91 Å². The normalized spacial score (nSPS) is 12.5. The molecule has 0 spiro atoms. The number of hydrogen-bond donors (Lipinski definition) is 4. The zero-order valence-corrected chi connectivity index (χ0v) is 21.7. The first-order valence-electron chi connectivity index (χ1n) is 12.6. The topological polar surface area (TPSA) is 123 Å². The Kier molecular flexibility index (Phi) is 10.7. The van der Waals surface area contributed by atoms with Gasteiger partial charge in [-0.1, -0.05) is 55.0 Å². The molecule has 2 amide bonds. The van der Waals surface area contributed by atoms with Gasteiger partial charge in [0.25, 0.3) is 0 Å². The lowest BCUT2D eigenvalue weighted by atomic mass is 9.93. The number of nitrogens with one attached hydrogen (secondary N) is 2. The van der Waals surface area contributed by atoms with Gasteiger partial charge >= 0.3 is 6.09 Å². The molecule has 2 atom stereocenters. The number of nitrogens with two attached hydrogens (primary N) is 1. The minimum atomic E-state index is -0.567. The van der Waals surface area contributed by atoms with E-state index >= 15 is 0 Å². The standard InChI is InChI=1S/C30H35N3O5/c1-21-14-16-24(17-15-21)32-30(36)38-29(23-9-7-10-25(20-23)37-19-18-34)22(2)8-3-6-13-28(35)33-27-12-5-4-11-26(27)31/h4-7,9-17,20,22,29,34H,3,8,18-19,31H2,1-2H3,(H,32,36)(H,33,35)/b13-6+/t22-,29+/m1/s1. The third-order valence-electron chi connectivity index (χ3n) is 5.87. The summed E-state index contributed by atoms with van der Waals surface area (Å²) in [5.74, 6) is 0.229. The Morgan fingerprint density at radius 1 is 1.03 bits per heavy atom. The van der Waals surface area contributed by atoms with E-state index in [-0.39, 0.29) is 25.0 Å². The highest BCUT2D eigenvalue weighted by molar-refractivity contribution is 6.01. The van der Waals surface area contributed by atoms with Crippen LogP contribution in [0.25, 0.3) is 0 Å². The van der Waals surface area contributed by atoms with Crippen LogP contribution in [0.1, 0.15) is 37.0 Å². The van der Waals surface area contributed by atoms with Crippen LogP contribution in [0.3, 0.4) is 0 Å². The predicted octanol–water partition coefficient (Wildman–Crippen LogP) is 5.85. The number of carbonyl (C=O) groups excluding carboxylic acids is 2. The Hall–Kier alpha value is -4.30. The van der Waals surface area contributed by atoms with Gasteiger partial charge in [-0.2, -0.15) is 0 Å². The average Bonchev–Trinajstić information content (AvgIpc) is 2.91. The van der Waals surface area contributed by atoms with Gasteiger partial charge in [0, 0.05) is 5.69 Å². The highest BCUT2D eigenvalue weighted by Gasteiger charge is 2.24. The van der Waals surface area contributed by atoms with Gasteiger partial charge in [0.05, 0.1) is 18.0 Å². The second kappa shape index (κ2) is 14.4. The van der Waals surface area contributed by atoms with Crippen LogP contribution < -0.4 is 21.1 Å². The van der Waals surface area contributed by atoms with Crippen molar-refractivity contribution in [3.63, 3.8) is 0 Å². The maximum Gasteiger partial charge on any atom is 0.412 e. The Morgan fingerprint density at radius 2 is 1.79 bits per heavy atom. The van der Waals surface area contributed by atoms with Crippen LogP contribution in [0.5, 0.6) is 5.75 Å². The molecule has 0 radical (unpaired) electrons. The van der Waals surface area contributed by atoms with E-state index in [9.17, 15) is 9.59 Å². The van der Waals surface area contributed by atoms with Crippen molar-refractivity contribution in [1.82, 2.24) is 0 Å². The van der Waals surface area contributed by atoms with Crippen molar-refractivity contribution >= 4 is 29.1 Å². The molecule has 8 nitrogen and oxygen atoms in total. The number of hydrogen-bond acceptors (Lipinski definition) is 6. The molecule has 0 bridgehead atoms. The van der Waals surface area contributed by atoms with Crippen molar-refractivity contribution in [2.45, 2.75) is 32.8 Å². The number of benzene rings is 3. The van der Waals surface area contributed by atoms with Crippen molar-refractivity contribution in [3.05, 3.63) is 96.1 Å². The Balaban J connectivity index is 1.65. The molecule has 3 aromatic rings. The van der Waals surface area contributed by atoms with Gasteiger partial charge in [-0.05, 0) is 73.7 Å². The number of amides is 2. The van der Waals surface area contributed by atoms with Gasteiger partial charge in [-0.3, -0.25) is 10.1 Å². The van der Waals surface area contributed by atoms with Crippen LogP contribution in [0.4, 0.5) is 21.9 Å². The lowest BCUT2D eigenvalue weighted by Crippen LogP contribution is -2.22. The van der Waals surface area contributed by atoms with Gasteiger partial charge in [-0.25, -0.2) is 4.79 Å². The number of ether oxygens (including phenoxy) is 2. The molecule has 0 saturated heterocycles. The van der Waals surface area contributed by atoms with Gasteiger partial charge < -0.3 is 25.6 Å². The Morgan fingerprint density at radius 3 is 2.53 bits per heavy atom. The highest BCUT2D eigenvalue weighted by atomic mass is 16.6.